The third-order valence-electron chi connectivity index (χ3n) is 2.99. The molecule has 1 aromatic carbocycles. The molecule has 3 N–H and O–H groups in total. The SMILES string of the molecule is Cc1ccc(NC(C)c2ccc(CN)cc2)nc1. The van der Waals surface area contributed by atoms with Crippen LogP contribution in [0.15, 0.2) is 42.6 Å². The molecule has 1 unspecified atom stereocenters. The van der Waals surface area contributed by atoms with E-state index in [9.17, 15) is 0 Å². The number of nitrogens with two attached hydrogens (primary N) is 1. The number of hydrogen-bond acceptors (Lipinski definition) is 3. The van der Waals surface area contributed by atoms with Gasteiger partial charge in [0.15, 0.2) is 0 Å². The van der Waals surface area contributed by atoms with Gasteiger partial charge in [-0.05, 0) is 36.6 Å². The summed E-state index contributed by atoms with van der Waals surface area (Å²) in [5, 5.41) is 3.38. The van der Waals surface area contributed by atoms with Crippen molar-refractivity contribution in [2.75, 3.05) is 5.32 Å². The van der Waals surface area contributed by atoms with Gasteiger partial charge >= 0.3 is 0 Å². The van der Waals surface area contributed by atoms with Crippen LogP contribution in [0.3, 0.4) is 0 Å². The number of rotatable bonds is 4. The van der Waals surface area contributed by atoms with E-state index in [0.717, 1.165) is 11.4 Å². The highest BCUT2D eigenvalue weighted by atomic mass is 15.0. The first kappa shape index (κ1) is 12.6. The third kappa shape index (κ3) is 3.08. The van der Waals surface area contributed by atoms with Gasteiger partial charge in [0.05, 0.1) is 0 Å². The van der Waals surface area contributed by atoms with Crippen LogP contribution in [0.4, 0.5) is 5.82 Å². The average molecular weight is 241 g/mol. The topological polar surface area (TPSA) is 50.9 Å². The summed E-state index contributed by atoms with van der Waals surface area (Å²) in [6.45, 7) is 4.74. The van der Waals surface area contributed by atoms with Crippen LogP contribution in [0.5, 0.6) is 0 Å². The van der Waals surface area contributed by atoms with Gasteiger partial charge in [-0.25, -0.2) is 4.98 Å². The van der Waals surface area contributed by atoms with Crippen molar-refractivity contribution in [3.8, 4) is 0 Å². The molecule has 0 aliphatic carbocycles. The zero-order valence-corrected chi connectivity index (χ0v) is 10.9. The fraction of sp³-hybridized carbons (Fsp3) is 0.267. The van der Waals surface area contributed by atoms with Gasteiger partial charge in [-0.1, -0.05) is 30.3 Å². The fourth-order valence-electron chi connectivity index (χ4n) is 1.80. The lowest BCUT2D eigenvalue weighted by molar-refractivity contribution is 0.872. The minimum atomic E-state index is 0.229. The summed E-state index contributed by atoms with van der Waals surface area (Å²) >= 11 is 0. The maximum absolute atomic E-state index is 5.59. The van der Waals surface area contributed by atoms with Gasteiger partial charge in [0.2, 0.25) is 0 Å². The number of nitrogens with one attached hydrogen (secondary N) is 1. The quantitative estimate of drug-likeness (QED) is 0.865. The van der Waals surface area contributed by atoms with Gasteiger partial charge in [-0.3, -0.25) is 0 Å². The third-order valence-corrected chi connectivity index (χ3v) is 2.99. The van der Waals surface area contributed by atoms with Crippen molar-refractivity contribution < 1.29 is 0 Å². The standard InChI is InChI=1S/C15H19N3/c1-11-3-8-15(17-10-11)18-12(2)14-6-4-13(9-16)5-7-14/h3-8,10,12H,9,16H2,1-2H3,(H,17,18). The van der Waals surface area contributed by atoms with Crippen LogP contribution < -0.4 is 11.1 Å². The first-order chi connectivity index (χ1) is 8.69. The summed E-state index contributed by atoms with van der Waals surface area (Å²) in [6, 6.07) is 12.6. The monoisotopic (exact) mass is 241 g/mol. The molecule has 2 rings (SSSR count). The summed E-state index contributed by atoms with van der Waals surface area (Å²) in [5.41, 5.74) is 9.14. The summed E-state index contributed by atoms with van der Waals surface area (Å²) in [4.78, 5) is 4.35. The number of aryl methyl sites for hydroxylation is 1. The summed E-state index contributed by atoms with van der Waals surface area (Å²) in [5.74, 6) is 0.899. The molecule has 0 fully saturated rings. The van der Waals surface area contributed by atoms with Crippen molar-refractivity contribution in [1.82, 2.24) is 4.98 Å². The first-order valence-electron chi connectivity index (χ1n) is 6.17. The van der Waals surface area contributed by atoms with E-state index in [2.05, 4.69) is 47.6 Å². The van der Waals surface area contributed by atoms with E-state index in [4.69, 9.17) is 5.73 Å². The second-order valence-corrected chi connectivity index (χ2v) is 4.53. The van der Waals surface area contributed by atoms with Crippen LogP contribution in [0.2, 0.25) is 0 Å². The number of benzene rings is 1. The van der Waals surface area contributed by atoms with E-state index >= 15 is 0 Å². The van der Waals surface area contributed by atoms with Crippen molar-refractivity contribution in [2.24, 2.45) is 5.73 Å². The summed E-state index contributed by atoms with van der Waals surface area (Å²) in [7, 11) is 0. The van der Waals surface area contributed by atoms with Crippen molar-refractivity contribution in [3.05, 3.63) is 59.3 Å². The summed E-state index contributed by atoms with van der Waals surface area (Å²) < 4.78 is 0. The maximum Gasteiger partial charge on any atom is 0.126 e. The zero-order valence-electron chi connectivity index (χ0n) is 10.9. The lowest BCUT2D eigenvalue weighted by Crippen LogP contribution is -2.08. The summed E-state index contributed by atoms with van der Waals surface area (Å²) in [6.07, 6.45) is 1.87. The van der Waals surface area contributed by atoms with Gasteiger partial charge in [-0.15, -0.1) is 0 Å². The van der Waals surface area contributed by atoms with Crippen LogP contribution in [0.25, 0.3) is 0 Å². The Hall–Kier alpha value is -1.87. The molecule has 0 aliphatic heterocycles. The Labute approximate surface area is 108 Å². The smallest absolute Gasteiger partial charge is 0.126 e. The Morgan fingerprint density at radius 3 is 2.44 bits per heavy atom. The molecule has 94 valence electrons. The van der Waals surface area contributed by atoms with Crippen molar-refractivity contribution in [3.63, 3.8) is 0 Å². The first-order valence-corrected chi connectivity index (χ1v) is 6.17. The van der Waals surface area contributed by atoms with Crippen molar-refractivity contribution >= 4 is 5.82 Å². The van der Waals surface area contributed by atoms with Crippen LogP contribution in [0.1, 0.15) is 29.7 Å². The molecular weight excluding hydrogens is 222 g/mol. The molecule has 1 aromatic heterocycles. The molecule has 1 heterocycles. The van der Waals surface area contributed by atoms with Gasteiger partial charge in [-0.2, -0.15) is 0 Å². The molecule has 0 amide bonds. The molecule has 3 heteroatoms. The molecule has 18 heavy (non-hydrogen) atoms. The number of hydrogen-bond donors (Lipinski definition) is 2. The number of aromatic nitrogens is 1. The highest BCUT2D eigenvalue weighted by Gasteiger charge is 2.05. The maximum atomic E-state index is 5.59. The molecule has 0 radical (unpaired) electrons. The largest absolute Gasteiger partial charge is 0.364 e. The van der Waals surface area contributed by atoms with E-state index in [0.29, 0.717) is 6.54 Å². The lowest BCUT2D eigenvalue weighted by Gasteiger charge is -2.15. The molecule has 0 saturated heterocycles. The average Bonchev–Trinajstić information content (AvgIpc) is 2.41. The van der Waals surface area contributed by atoms with E-state index in [1.165, 1.54) is 11.1 Å². The van der Waals surface area contributed by atoms with Crippen molar-refractivity contribution in [1.29, 1.82) is 0 Å². The van der Waals surface area contributed by atoms with Crippen molar-refractivity contribution in [2.45, 2.75) is 26.4 Å². The molecular formula is C15H19N3. The lowest BCUT2D eigenvalue weighted by atomic mass is 10.1. The minimum Gasteiger partial charge on any atom is -0.364 e. The Balaban J connectivity index is 2.06. The second-order valence-electron chi connectivity index (χ2n) is 4.53. The van der Waals surface area contributed by atoms with Crippen LogP contribution in [-0.2, 0) is 6.54 Å². The minimum absolute atomic E-state index is 0.229. The second kappa shape index (κ2) is 5.65. The zero-order chi connectivity index (χ0) is 13.0. The molecule has 0 aliphatic rings. The Morgan fingerprint density at radius 2 is 1.89 bits per heavy atom. The van der Waals surface area contributed by atoms with E-state index in [1.54, 1.807) is 0 Å². The molecule has 2 aromatic rings. The fourth-order valence-corrected chi connectivity index (χ4v) is 1.80. The van der Waals surface area contributed by atoms with Crippen LogP contribution in [-0.4, -0.2) is 4.98 Å². The predicted molar refractivity (Wildman–Crippen MR) is 75.3 cm³/mol. The van der Waals surface area contributed by atoms with E-state index in [-0.39, 0.29) is 6.04 Å². The Bertz CT molecular complexity index is 488. The van der Waals surface area contributed by atoms with Gasteiger partial charge in [0, 0.05) is 18.8 Å². The Kier molecular flexibility index (Phi) is 3.95. The molecule has 0 spiro atoms. The predicted octanol–water partition coefficient (Wildman–Crippen LogP) is 3.02. The van der Waals surface area contributed by atoms with Gasteiger partial charge in [0.1, 0.15) is 5.82 Å². The molecule has 0 bridgehead atoms. The van der Waals surface area contributed by atoms with E-state index in [1.807, 2.05) is 19.2 Å². The number of nitrogens with zero attached hydrogens (tertiary/aromatic N) is 1. The van der Waals surface area contributed by atoms with E-state index < -0.39 is 0 Å². The molecule has 3 nitrogen and oxygen atoms in total. The van der Waals surface area contributed by atoms with Gasteiger partial charge < -0.3 is 11.1 Å². The number of anilines is 1. The highest BCUT2D eigenvalue weighted by Crippen LogP contribution is 2.18. The van der Waals surface area contributed by atoms with Crippen LogP contribution >= 0.6 is 0 Å². The van der Waals surface area contributed by atoms with Crippen LogP contribution in [0, 0.1) is 6.92 Å². The Morgan fingerprint density at radius 1 is 1.17 bits per heavy atom. The molecule has 1 atom stereocenters. The van der Waals surface area contributed by atoms with Gasteiger partial charge in [0.25, 0.3) is 0 Å². The molecule has 0 saturated carbocycles. The normalized spacial score (nSPS) is 12.2. The highest BCUT2D eigenvalue weighted by molar-refractivity contribution is 5.39. The number of pyridine rings is 1.